The van der Waals surface area contributed by atoms with Crippen LogP contribution in [0.25, 0.3) is 5.52 Å². The van der Waals surface area contributed by atoms with Crippen LogP contribution >= 0.6 is 0 Å². The van der Waals surface area contributed by atoms with Gasteiger partial charge in [0.2, 0.25) is 0 Å². The molecular weight excluding hydrogens is 248 g/mol. The number of anilines is 1. The quantitative estimate of drug-likeness (QED) is 0.698. The lowest BCUT2D eigenvalue weighted by molar-refractivity contribution is -0.100. The van der Waals surface area contributed by atoms with Gasteiger partial charge in [-0.05, 0) is 19.1 Å². The topological polar surface area (TPSA) is 106 Å². The molecule has 0 amide bonds. The smallest absolute Gasteiger partial charge is 0.151 e. The number of hydrogen-bond acceptors (Lipinski definition) is 6. The minimum absolute atomic E-state index is 0.231. The summed E-state index contributed by atoms with van der Waals surface area (Å²) in [6.07, 6.45) is 0.742. The molecule has 1 aliphatic rings. The normalized spacial score (nSPS) is 31.1. The van der Waals surface area contributed by atoms with Crippen molar-refractivity contribution < 1.29 is 14.9 Å². The molecule has 7 heteroatoms. The fourth-order valence-corrected chi connectivity index (χ4v) is 2.44. The highest BCUT2D eigenvalue weighted by Gasteiger charge is 2.45. The highest BCUT2D eigenvalue weighted by molar-refractivity contribution is 5.65. The van der Waals surface area contributed by atoms with Gasteiger partial charge in [-0.25, -0.2) is 9.50 Å². The summed E-state index contributed by atoms with van der Waals surface area (Å²) >= 11 is 0. The van der Waals surface area contributed by atoms with E-state index in [0.29, 0.717) is 17.8 Å². The minimum atomic E-state index is -0.937. The number of nitrogens with two attached hydrogens (primary N) is 1. The van der Waals surface area contributed by atoms with Crippen LogP contribution in [0.5, 0.6) is 0 Å². The number of rotatable bonds is 2. The van der Waals surface area contributed by atoms with Crippen LogP contribution in [0.2, 0.25) is 0 Å². The van der Waals surface area contributed by atoms with Gasteiger partial charge in [0.1, 0.15) is 23.5 Å². The zero-order valence-electron chi connectivity index (χ0n) is 10.5. The second-order valence-corrected chi connectivity index (χ2v) is 5.03. The molecule has 0 aliphatic carbocycles. The maximum absolute atomic E-state index is 9.99. The third-order valence-corrected chi connectivity index (χ3v) is 3.71. The molecule has 0 aromatic carbocycles. The number of nitrogen functional groups attached to an aromatic ring is 1. The van der Waals surface area contributed by atoms with E-state index in [0.717, 1.165) is 5.69 Å². The summed E-state index contributed by atoms with van der Waals surface area (Å²) in [6.45, 7) is 1.46. The van der Waals surface area contributed by atoms with E-state index >= 15 is 0 Å². The predicted octanol–water partition coefficient (Wildman–Crippen LogP) is -0.115. The number of aliphatic hydroxyl groups excluding tert-OH is 2. The molecule has 102 valence electrons. The van der Waals surface area contributed by atoms with Crippen LogP contribution in [0.1, 0.15) is 25.1 Å². The summed E-state index contributed by atoms with van der Waals surface area (Å²) in [7, 11) is 0. The number of aromatic nitrogens is 3. The molecule has 0 spiro atoms. The second-order valence-electron chi connectivity index (χ2n) is 5.03. The van der Waals surface area contributed by atoms with Gasteiger partial charge >= 0.3 is 0 Å². The Morgan fingerprint density at radius 3 is 3.05 bits per heavy atom. The summed E-state index contributed by atoms with van der Waals surface area (Å²) in [5.41, 5.74) is 6.33. The Balaban J connectivity index is 2.01. The third kappa shape index (κ3) is 1.78. The maximum Gasteiger partial charge on any atom is 0.151 e. The lowest BCUT2D eigenvalue weighted by atomic mass is 9.99. The average Bonchev–Trinajstić information content (AvgIpc) is 2.94. The molecule has 1 aliphatic heterocycles. The summed E-state index contributed by atoms with van der Waals surface area (Å²) in [5.74, 6) is 0.393. The van der Waals surface area contributed by atoms with Gasteiger partial charge in [0.05, 0.1) is 18.4 Å². The molecule has 3 atom stereocenters. The van der Waals surface area contributed by atoms with Gasteiger partial charge in [-0.3, -0.25) is 0 Å². The van der Waals surface area contributed by atoms with Crippen LogP contribution in [-0.2, 0) is 4.74 Å². The number of nitrogens with zero attached hydrogens (tertiary/aromatic N) is 3. The van der Waals surface area contributed by atoms with Crippen LogP contribution in [0.4, 0.5) is 5.82 Å². The molecule has 3 rings (SSSR count). The molecule has 19 heavy (non-hydrogen) atoms. The van der Waals surface area contributed by atoms with Crippen molar-refractivity contribution in [2.75, 3.05) is 12.3 Å². The molecule has 0 saturated carbocycles. The van der Waals surface area contributed by atoms with Gasteiger partial charge in [-0.1, -0.05) is 0 Å². The van der Waals surface area contributed by atoms with E-state index in [1.807, 2.05) is 12.1 Å². The zero-order valence-corrected chi connectivity index (χ0v) is 10.5. The fraction of sp³-hybridized carbons (Fsp3) is 0.500. The Labute approximate surface area is 109 Å². The van der Waals surface area contributed by atoms with Crippen molar-refractivity contribution in [1.82, 2.24) is 14.6 Å². The first kappa shape index (κ1) is 12.3. The second kappa shape index (κ2) is 4.16. The molecule has 1 saturated heterocycles. The summed E-state index contributed by atoms with van der Waals surface area (Å²) in [4.78, 5) is 3.92. The first-order valence-electron chi connectivity index (χ1n) is 6.10. The molecule has 1 fully saturated rings. The largest absolute Gasteiger partial charge is 0.393 e. The standard InChI is InChI=1S/C12H16N4O3/c1-12(5-17)10(18)4-9(19-12)7-2-3-8-11(13)14-6-15-16(7)8/h2-3,6,9-10,17-18H,4-5H2,1H3,(H2,13,14,15)/t9-,10+,12-/m1/s1. The minimum Gasteiger partial charge on any atom is -0.393 e. The van der Waals surface area contributed by atoms with E-state index in [2.05, 4.69) is 10.1 Å². The summed E-state index contributed by atoms with van der Waals surface area (Å²) in [6, 6.07) is 3.66. The van der Waals surface area contributed by atoms with E-state index in [-0.39, 0.29) is 12.7 Å². The Morgan fingerprint density at radius 2 is 2.37 bits per heavy atom. The van der Waals surface area contributed by atoms with Gasteiger partial charge in [-0.15, -0.1) is 0 Å². The van der Waals surface area contributed by atoms with Crippen LogP contribution in [-0.4, -0.2) is 43.1 Å². The predicted molar refractivity (Wildman–Crippen MR) is 67.3 cm³/mol. The Bertz CT molecular complexity index is 614. The van der Waals surface area contributed by atoms with Crippen molar-refractivity contribution in [2.45, 2.75) is 31.2 Å². The van der Waals surface area contributed by atoms with E-state index in [9.17, 15) is 10.2 Å². The van der Waals surface area contributed by atoms with Crippen molar-refractivity contribution in [1.29, 1.82) is 0 Å². The number of fused-ring (bicyclic) bond motifs is 1. The number of aliphatic hydroxyl groups is 2. The average molecular weight is 264 g/mol. The molecule has 3 heterocycles. The van der Waals surface area contributed by atoms with Gasteiger partial charge < -0.3 is 20.7 Å². The first-order valence-corrected chi connectivity index (χ1v) is 6.10. The van der Waals surface area contributed by atoms with Crippen LogP contribution < -0.4 is 5.73 Å². The SMILES string of the molecule is C[C@]1(CO)O[C@@H](c2ccc3c(N)ncnn23)C[C@@H]1O. The highest BCUT2D eigenvalue weighted by Crippen LogP contribution is 2.39. The molecule has 7 nitrogen and oxygen atoms in total. The molecule has 4 N–H and O–H groups in total. The van der Waals surface area contributed by atoms with E-state index in [4.69, 9.17) is 10.5 Å². The van der Waals surface area contributed by atoms with E-state index < -0.39 is 11.7 Å². The zero-order chi connectivity index (χ0) is 13.6. The Kier molecular flexibility index (Phi) is 2.70. The lowest BCUT2D eigenvalue weighted by Crippen LogP contribution is -2.39. The van der Waals surface area contributed by atoms with E-state index in [1.54, 1.807) is 11.4 Å². The Hall–Kier alpha value is -1.70. The van der Waals surface area contributed by atoms with Crippen LogP contribution in [0.15, 0.2) is 18.5 Å². The maximum atomic E-state index is 9.99. The molecule has 0 bridgehead atoms. The van der Waals surface area contributed by atoms with Gasteiger partial charge in [0.15, 0.2) is 5.82 Å². The monoisotopic (exact) mass is 264 g/mol. The summed E-state index contributed by atoms with van der Waals surface area (Å²) in [5, 5.41) is 23.5. The third-order valence-electron chi connectivity index (χ3n) is 3.71. The van der Waals surface area contributed by atoms with Crippen molar-refractivity contribution in [3.8, 4) is 0 Å². The molecule has 2 aromatic rings. The Morgan fingerprint density at radius 1 is 1.58 bits per heavy atom. The lowest BCUT2D eigenvalue weighted by Gasteiger charge is -2.24. The molecular formula is C12H16N4O3. The van der Waals surface area contributed by atoms with Crippen molar-refractivity contribution in [3.05, 3.63) is 24.2 Å². The highest BCUT2D eigenvalue weighted by atomic mass is 16.5. The first-order chi connectivity index (χ1) is 9.05. The van der Waals surface area contributed by atoms with Crippen LogP contribution in [0.3, 0.4) is 0 Å². The van der Waals surface area contributed by atoms with Gasteiger partial charge in [0.25, 0.3) is 0 Å². The number of ether oxygens (including phenoxy) is 1. The van der Waals surface area contributed by atoms with Crippen molar-refractivity contribution in [2.24, 2.45) is 0 Å². The molecule has 0 radical (unpaired) electrons. The van der Waals surface area contributed by atoms with Gasteiger partial charge in [-0.2, -0.15) is 5.10 Å². The van der Waals surface area contributed by atoms with Crippen LogP contribution in [0, 0.1) is 0 Å². The number of hydrogen-bond donors (Lipinski definition) is 3. The van der Waals surface area contributed by atoms with Crippen molar-refractivity contribution in [3.63, 3.8) is 0 Å². The summed E-state index contributed by atoms with van der Waals surface area (Å²) < 4.78 is 7.44. The molecule has 2 aromatic heterocycles. The molecule has 0 unspecified atom stereocenters. The van der Waals surface area contributed by atoms with E-state index in [1.165, 1.54) is 6.33 Å². The fourth-order valence-electron chi connectivity index (χ4n) is 2.44. The van der Waals surface area contributed by atoms with Gasteiger partial charge in [0, 0.05) is 6.42 Å². The van der Waals surface area contributed by atoms with Crippen molar-refractivity contribution >= 4 is 11.3 Å².